The predicted octanol–water partition coefficient (Wildman–Crippen LogP) is 1.27. The van der Waals surface area contributed by atoms with E-state index in [4.69, 9.17) is 9.47 Å². The molecule has 3 heterocycles. The molecule has 104 valence electrons. The van der Waals surface area contributed by atoms with E-state index in [1.54, 1.807) is 6.33 Å². The zero-order chi connectivity index (χ0) is 13.5. The van der Waals surface area contributed by atoms with E-state index in [2.05, 4.69) is 26.3 Å². The minimum atomic E-state index is 0.302. The van der Waals surface area contributed by atoms with Gasteiger partial charge in [0.05, 0.1) is 35.8 Å². The Morgan fingerprint density at radius 3 is 3.15 bits per heavy atom. The molecule has 2 aromatic rings. The second-order valence-electron chi connectivity index (χ2n) is 5.01. The van der Waals surface area contributed by atoms with Crippen LogP contribution in [0.25, 0.3) is 10.9 Å². The fourth-order valence-electron chi connectivity index (χ4n) is 2.96. The molecule has 20 heavy (non-hydrogen) atoms. The summed E-state index contributed by atoms with van der Waals surface area (Å²) in [6.45, 7) is 3.03. The molecule has 1 fully saturated rings. The standard InChI is InChI=1S/C14H16N4O2/c1-15-14-12-10(16-8-17-14)2-3-11-13(12)20-7-9-6-19-5-4-18(9)11/h2-3,8-9H,4-7H2,1H3,(H,15,16,17). The van der Waals surface area contributed by atoms with Gasteiger partial charge in [0.15, 0.2) is 5.75 Å². The van der Waals surface area contributed by atoms with Crippen molar-refractivity contribution in [1.82, 2.24) is 9.97 Å². The number of ether oxygens (including phenoxy) is 2. The van der Waals surface area contributed by atoms with E-state index >= 15 is 0 Å². The molecule has 6 heteroatoms. The van der Waals surface area contributed by atoms with E-state index in [9.17, 15) is 0 Å². The summed E-state index contributed by atoms with van der Waals surface area (Å²) in [7, 11) is 1.86. The van der Waals surface area contributed by atoms with Crippen LogP contribution in [0.1, 0.15) is 0 Å². The van der Waals surface area contributed by atoms with E-state index in [1.807, 2.05) is 13.1 Å². The van der Waals surface area contributed by atoms with Gasteiger partial charge in [-0.15, -0.1) is 0 Å². The van der Waals surface area contributed by atoms with Crippen LogP contribution in [0.15, 0.2) is 18.5 Å². The Morgan fingerprint density at radius 2 is 2.25 bits per heavy atom. The van der Waals surface area contributed by atoms with Gasteiger partial charge in [-0.2, -0.15) is 0 Å². The molecule has 0 radical (unpaired) electrons. The van der Waals surface area contributed by atoms with E-state index in [-0.39, 0.29) is 0 Å². The van der Waals surface area contributed by atoms with Gasteiger partial charge in [0.2, 0.25) is 0 Å². The zero-order valence-electron chi connectivity index (χ0n) is 11.3. The Kier molecular flexibility index (Phi) is 2.63. The van der Waals surface area contributed by atoms with Gasteiger partial charge in [-0.25, -0.2) is 9.97 Å². The molecule has 4 rings (SSSR count). The molecule has 2 aliphatic rings. The molecule has 1 unspecified atom stereocenters. The maximum Gasteiger partial charge on any atom is 0.155 e. The SMILES string of the molecule is CNc1ncnc2ccc3c(c12)OCC1COCCN31. The zero-order valence-corrected chi connectivity index (χ0v) is 11.3. The average Bonchev–Trinajstić information content (AvgIpc) is 2.53. The molecule has 0 amide bonds. The number of benzene rings is 1. The highest BCUT2D eigenvalue weighted by Crippen LogP contribution is 2.42. The Labute approximate surface area is 116 Å². The first kappa shape index (κ1) is 11.7. The molecular weight excluding hydrogens is 256 g/mol. The molecule has 0 bridgehead atoms. The van der Waals surface area contributed by atoms with E-state index in [1.165, 1.54) is 0 Å². The van der Waals surface area contributed by atoms with Gasteiger partial charge < -0.3 is 19.7 Å². The predicted molar refractivity (Wildman–Crippen MR) is 76.5 cm³/mol. The van der Waals surface area contributed by atoms with Crippen LogP contribution in [0.2, 0.25) is 0 Å². The van der Waals surface area contributed by atoms with Crippen LogP contribution in [0.5, 0.6) is 5.75 Å². The lowest BCUT2D eigenvalue weighted by Gasteiger charge is -2.41. The maximum atomic E-state index is 6.01. The van der Waals surface area contributed by atoms with E-state index in [0.717, 1.165) is 47.9 Å². The van der Waals surface area contributed by atoms with Crippen molar-refractivity contribution in [2.75, 3.05) is 43.6 Å². The number of morpholine rings is 1. The minimum absolute atomic E-state index is 0.302. The van der Waals surface area contributed by atoms with Crippen LogP contribution in [0.4, 0.5) is 11.5 Å². The summed E-state index contributed by atoms with van der Waals surface area (Å²) in [4.78, 5) is 11.0. The summed E-state index contributed by atoms with van der Waals surface area (Å²) in [5.74, 6) is 1.68. The smallest absolute Gasteiger partial charge is 0.155 e. The first-order valence-electron chi connectivity index (χ1n) is 6.81. The lowest BCUT2D eigenvalue weighted by atomic mass is 10.1. The summed E-state index contributed by atoms with van der Waals surface area (Å²) in [6.07, 6.45) is 1.57. The Bertz CT molecular complexity index is 661. The summed E-state index contributed by atoms with van der Waals surface area (Å²) in [5, 5.41) is 4.07. The number of nitrogens with zero attached hydrogens (tertiary/aromatic N) is 3. The number of aromatic nitrogens is 2. The van der Waals surface area contributed by atoms with Crippen molar-refractivity contribution in [1.29, 1.82) is 0 Å². The largest absolute Gasteiger partial charge is 0.488 e. The fourth-order valence-corrected chi connectivity index (χ4v) is 2.96. The highest BCUT2D eigenvalue weighted by molar-refractivity contribution is 5.99. The molecule has 1 N–H and O–H groups in total. The number of rotatable bonds is 1. The molecule has 0 aliphatic carbocycles. The first-order chi connectivity index (χ1) is 9.88. The van der Waals surface area contributed by atoms with Gasteiger partial charge >= 0.3 is 0 Å². The Balaban J connectivity index is 1.93. The number of fused-ring (bicyclic) bond motifs is 5. The maximum absolute atomic E-state index is 6.01. The van der Waals surface area contributed by atoms with Crippen molar-refractivity contribution in [2.24, 2.45) is 0 Å². The van der Waals surface area contributed by atoms with E-state index in [0.29, 0.717) is 12.6 Å². The third kappa shape index (κ3) is 1.61. The van der Waals surface area contributed by atoms with Crippen molar-refractivity contribution < 1.29 is 9.47 Å². The molecule has 1 aromatic carbocycles. The third-order valence-electron chi connectivity index (χ3n) is 3.93. The van der Waals surface area contributed by atoms with Crippen molar-refractivity contribution in [3.63, 3.8) is 0 Å². The highest BCUT2D eigenvalue weighted by Gasteiger charge is 2.32. The Hall–Kier alpha value is -2.08. The lowest BCUT2D eigenvalue weighted by molar-refractivity contribution is 0.0709. The van der Waals surface area contributed by atoms with Gasteiger partial charge in [0.25, 0.3) is 0 Å². The number of anilines is 2. The molecule has 6 nitrogen and oxygen atoms in total. The number of nitrogens with one attached hydrogen (secondary N) is 1. The fraction of sp³-hybridized carbons (Fsp3) is 0.429. The summed E-state index contributed by atoms with van der Waals surface area (Å²) >= 11 is 0. The summed E-state index contributed by atoms with van der Waals surface area (Å²) in [6, 6.07) is 4.41. The van der Waals surface area contributed by atoms with Crippen LogP contribution in [-0.4, -0.2) is 49.4 Å². The van der Waals surface area contributed by atoms with Gasteiger partial charge in [-0.05, 0) is 12.1 Å². The highest BCUT2D eigenvalue weighted by atomic mass is 16.5. The normalized spacial score (nSPS) is 21.1. The van der Waals surface area contributed by atoms with E-state index < -0.39 is 0 Å². The average molecular weight is 272 g/mol. The molecule has 1 aromatic heterocycles. The summed E-state index contributed by atoms with van der Waals surface area (Å²) in [5.41, 5.74) is 2.01. The first-order valence-corrected chi connectivity index (χ1v) is 6.81. The lowest BCUT2D eigenvalue weighted by Crippen LogP contribution is -2.51. The summed E-state index contributed by atoms with van der Waals surface area (Å²) < 4.78 is 11.5. The molecule has 0 spiro atoms. The third-order valence-corrected chi connectivity index (χ3v) is 3.93. The van der Waals surface area contributed by atoms with Crippen molar-refractivity contribution >= 4 is 22.4 Å². The van der Waals surface area contributed by atoms with Crippen LogP contribution in [0, 0.1) is 0 Å². The number of hydrogen-bond donors (Lipinski definition) is 1. The second-order valence-corrected chi connectivity index (χ2v) is 5.01. The number of hydrogen-bond acceptors (Lipinski definition) is 6. The molecule has 0 saturated carbocycles. The second kappa shape index (κ2) is 4.49. The van der Waals surface area contributed by atoms with Gasteiger partial charge in [-0.1, -0.05) is 0 Å². The molecular formula is C14H16N4O2. The van der Waals surface area contributed by atoms with Crippen molar-refractivity contribution in [2.45, 2.75) is 6.04 Å². The minimum Gasteiger partial charge on any atom is -0.488 e. The van der Waals surface area contributed by atoms with Crippen LogP contribution < -0.4 is 15.0 Å². The van der Waals surface area contributed by atoms with Gasteiger partial charge in [-0.3, -0.25) is 0 Å². The van der Waals surface area contributed by atoms with Gasteiger partial charge in [0, 0.05) is 13.6 Å². The monoisotopic (exact) mass is 272 g/mol. The van der Waals surface area contributed by atoms with Gasteiger partial charge in [0.1, 0.15) is 18.8 Å². The van der Waals surface area contributed by atoms with Crippen LogP contribution in [-0.2, 0) is 4.74 Å². The molecule has 1 atom stereocenters. The Morgan fingerprint density at radius 1 is 1.30 bits per heavy atom. The van der Waals surface area contributed by atoms with Crippen molar-refractivity contribution in [3.05, 3.63) is 18.5 Å². The van der Waals surface area contributed by atoms with Crippen molar-refractivity contribution in [3.8, 4) is 5.75 Å². The van der Waals surface area contributed by atoms with Crippen LogP contribution >= 0.6 is 0 Å². The molecule has 1 saturated heterocycles. The van der Waals surface area contributed by atoms with Crippen LogP contribution in [0.3, 0.4) is 0 Å². The molecule has 2 aliphatic heterocycles. The quantitative estimate of drug-likeness (QED) is 0.843. The topological polar surface area (TPSA) is 59.5 Å².